The number of aryl methyl sites for hydroxylation is 8. The van der Waals surface area contributed by atoms with Gasteiger partial charge in [0.2, 0.25) is 25.3 Å². The normalized spacial score (nSPS) is 13.2. The summed E-state index contributed by atoms with van der Waals surface area (Å²) in [4.78, 5) is 54.2. The molecule has 0 saturated carbocycles. The molecular weight excluding hydrogens is 2240 g/mol. The van der Waals surface area contributed by atoms with Gasteiger partial charge in [-0.05, 0) is 175 Å². The van der Waals surface area contributed by atoms with Gasteiger partial charge in [-0.1, -0.05) is 48.5 Å². The second kappa shape index (κ2) is 41.0. The van der Waals surface area contributed by atoms with Crippen molar-refractivity contribution in [1.82, 2.24) is 78.1 Å². The van der Waals surface area contributed by atoms with Gasteiger partial charge in [-0.2, -0.15) is 0 Å². The molecule has 22 nitrogen and oxygen atoms in total. The van der Waals surface area contributed by atoms with Crippen LogP contribution in [0.1, 0.15) is 67.8 Å². The molecule has 0 aliphatic heterocycles. The zero-order valence-electron chi connectivity index (χ0n) is 67.6. The third kappa shape index (κ3) is 45.2. The van der Waals surface area contributed by atoms with Gasteiger partial charge in [-0.25, -0.2) is 39.9 Å². The van der Waals surface area contributed by atoms with Crippen LogP contribution in [0.5, 0.6) is 0 Å². The molecule has 16 rings (SSSR count). The first-order valence-electron chi connectivity index (χ1n) is 35.4. The second-order valence-electron chi connectivity index (χ2n) is 27.2. The predicted octanol–water partition coefficient (Wildman–Crippen LogP) is 22.1. The van der Waals surface area contributed by atoms with E-state index in [1.54, 1.807) is 24.8 Å². The molecule has 130 heavy (non-hydrogen) atoms. The van der Waals surface area contributed by atoms with Gasteiger partial charge in [-0.15, -0.1) is 0 Å². The number of nitrogens with zero attached hydrogens (tertiary/aromatic N) is 20. The molecule has 0 bridgehead atoms. The van der Waals surface area contributed by atoms with Crippen molar-refractivity contribution in [3.63, 3.8) is 0 Å². The SMILES string of the molecule is Cc1cc(C)c2ccc(-n3[c-][n+](Cc4ccccn4)cc3)nc2n1.Cc1cc(C)c2ccc(-n3[c-][n+](Cc4ccccn4)cc3)nc2n1.Cc1cc(C)c2ccc(-n3[c-][n+](Cc4ccccn4)cc3)nc2n1.Cc1cc(C)c2ccc(-n3[c-][n+](Cc4ccccn4)cc3)nc2n1.F[P-](F)(F)(F)(F)F.F[P-](F)(F)(F)(F)F.F[P-](F)(F)(F)(F)F.F[P-](F)(F)(F)(F)F.O.O.[Ag+].[Ag+].[Ag+].[Ag+]. The molecule has 0 radical (unpaired) electrons. The van der Waals surface area contributed by atoms with E-state index in [-0.39, 0.29) is 100 Å². The average Bonchev–Trinajstić information content (AvgIpc) is 1.31. The van der Waals surface area contributed by atoms with Crippen molar-refractivity contribution in [2.24, 2.45) is 0 Å². The molecule has 0 atom stereocenters. The van der Waals surface area contributed by atoms with E-state index in [9.17, 15) is 101 Å². The van der Waals surface area contributed by atoms with Crippen LogP contribution < -0.4 is 18.3 Å². The molecule has 0 fully saturated rings. The van der Waals surface area contributed by atoms with Gasteiger partial charge in [0.15, 0.2) is 22.6 Å². The number of pyridine rings is 12. The maximum Gasteiger partial charge on any atom is 1.00 e. The van der Waals surface area contributed by atoms with Gasteiger partial charge < -0.3 is 47.5 Å². The van der Waals surface area contributed by atoms with Crippen molar-refractivity contribution in [3.8, 4) is 23.3 Å². The fourth-order valence-corrected chi connectivity index (χ4v) is 11.2. The fraction of sp³-hybridized carbons (Fsp3) is 0.158. The Balaban J connectivity index is 0.000000401. The van der Waals surface area contributed by atoms with Crippen LogP contribution >= 0.6 is 31.2 Å². The summed E-state index contributed by atoms with van der Waals surface area (Å²) in [6.07, 6.45) is 35.9. The number of imidazole rings is 4. The topological polar surface area (TPSA) is 253 Å². The first-order chi connectivity index (χ1) is 56.5. The van der Waals surface area contributed by atoms with Crippen LogP contribution in [0, 0.1) is 80.7 Å². The third-order valence-electron chi connectivity index (χ3n) is 15.7. The summed E-state index contributed by atoms with van der Waals surface area (Å²) in [5.41, 5.74) is 15.7. The summed E-state index contributed by atoms with van der Waals surface area (Å²) >= 11 is 0. The van der Waals surface area contributed by atoms with Crippen LogP contribution in [0.4, 0.5) is 101 Å². The van der Waals surface area contributed by atoms with E-state index >= 15 is 0 Å². The van der Waals surface area contributed by atoms with Gasteiger partial charge >= 0.3 is 221 Å². The van der Waals surface area contributed by atoms with E-state index in [2.05, 4.69) is 161 Å². The number of rotatable bonds is 12. The Morgan fingerprint density at radius 2 is 0.423 bits per heavy atom. The predicted molar refractivity (Wildman–Crippen MR) is 424 cm³/mol. The standard InChI is InChI=1S/4C19H17N5.4Ag.4F6P.2H2O/c4*1-14-11-15(2)21-19-17(14)6-7-18(22-19)24-10-9-23(13-24)12-16-5-3-4-8-20-16;;;;;4*1-7(2,3,4,5)6;;/h4*3-11H,12H2,1-2H3;;;;;;;;;2*1H2/q;;;;4*+1;4*-1;;. The molecule has 0 spiro atoms. The van der Waals surface area contributed by atoms with Crippen LogP contribution in [0.15, 0.2) is 220 Å². The Morgan fingerprint density at radius 1 is 0.254 bits per heavy atom. The van der Waals surface area contributed by atoms with E-state index in [1.165, 1.54) is 22.3 Å². The fourth-order valence-electron chi connectivity index (χ4n) is 11.2. The van der Waals surface area contributed by atoms with Gasteiger partial charge in [0.25, 0.3) is 0 Å². The van der Waals surface area contributed by atoms with Gasteiger partial charge in [0, 0.05) is 119 Å². The smallest absolute Gasteiger partial charge is 0.412 e. The molecule has 0 aromatic carbocycles. The largest absolute Gasteiger partial charge is 1.00 e. The van der Waals surface area contributed by atoms with E-state index in [0.717, 1.165) is 113 Å². The minimum Gasteiger partial charge on any atom is -0.412 e. The molecule has 0 unspecified atom stereocenters. The van der Waals surface area contributed by atoms with Crippen molar-refractivity contribution in [2.45, 2.75) is 81.6 Å². The molecule has 54 heteroatoms. The molecule has 16 aromatic rings. The molecule has 0 aliphatic carbocycles. The Hall–Kier alpha value is -9.40. The van der Waals surface area contributed by atoms with Gasteiger partial charge in [0.05, 0.1) is 22.8 Å². The van der Waals surface area contributed by atoms with Crippen LogP contribution in [0.25, 0.3) is 67.4 Å². The van der Waals surface area contributed by atoms with Gasteiger partial charge in [-0.3, -0.25) is 19.9 Å². The molecule has 720 valence electrons. The molecule has 4 N–H and O–H groups in total. The van der Waals surface area contributed by atoms with E-state index in [0.29, 0.717) is 26.2 Å². The molecule has 16 heterocycles. The molecule has 0 amide bonds. The number of fused-ring (bicyclic) bond motifs is 4. The van der Waals surface area contributed by atoms with Crippen molar-refractivity contribution >= 4 is 75.4 Å². The molecular formula is C76H72Ag4F24N20O2P4. The van der Waals surface area contributed by atoms with E-state index < -0.39 is 31.2 Å². The van der Waals surface area contributed by atoms with Crippen LogP contribution in [-0.4, -0.2) is 89.0 Å². The second-order valence-corrected chi connectivity index (χ2v) is 34.9. The monoisotopic (exact) mass is 2300 g/mol. The zero-order chi connectivity index (χ0) is 91.7. The van der Waals surface area contributed by atoms with Crippen LogP contribution in [-0.2, 0) is 116 Å². The maximum atomic E-state index is 9.87. The van der Waals surface area contributed by atoms with Crippen LogP contribution in [0.3, 0.4) is 0 Å². The summed E-state index contributed by atoms with van der Waals surface area (Å²) in [6.45, 7) is 19.0. The van der Waals surface area contributed by atoms with Crippen molar-refractivity contribution in [2.75, 3.05) is 0 Å². The Morgan fingerprint density at radius 3 is 0.577 bits per heavy atom. The van der Waals surface area contributed by atoms with Crippen molar-refractivity contribution in [1.29, 1.82) is 0 Å². The van der Waals surface area contributed by atoms with Crippen molar-refractivity contribution in [3.05, 3.63) is 313 Å². The first kappa shape index (κ1) is 115. The summed E-state index contributed by atoms with van der Waals surface area (Å²) < 4.78 is 252. The summed E-state index contributed by atoms with van der Waals surface area (Å²) in [6, 6.07) is 48.2. The summed E-state index contributed by atoms with van der Waals surface area (Å²) in [5.74, 6) is 3.22. The Kier molecular flexibility index (Phi) is 36.2. The number of aromatic nitrogens is 20. The maximum absolute atomic E-state index is 10.7. The Bertz CT molecular complexity index is 5680. The minimum absolute atomic E-state index is 0. The summed E-state index contributed by atoms with van der Waals surface area (Å²) in [7, 11) is -42.6. The minimum atomic E-state index is -10.7. The van der Waals surface area contributed by atoms with Crippen LogP contribution in [0.2, 0.25) is 0 Å². The number of hydrogen-bond donors (Lipinski definition) is 0. The van der Waals surface area contributed by atoms with Gasteiger partial charge in [0.1, 0.15) is 49.5 Å². The Labute approximate surface area is 785 Å². The molecule has 0 aliphatic rings. The first-order valence-corrected chi connectivity index (χ1v) is 43.5. The number of hydrogen-bond acceptors (Lipinski definition) is 12. The molecule has 16 aromatic heterocycles. The number of halogens is 24. The summed E-state index contributed by atoms with van der Waals surface area (Å²) in [5, 5.41) is 4.33. The quantitative estimate of drug-likeness (QED) is 0.0364. The third-order valence-corrected chi connectivity index (χ3v) is 15.7. The van der Waals surface area contributed by atoms with E-state index in [4.69, 9.17) is 0 Å². The zero-order valence-corrected chi connectivity index (χ0v) is 77.1. The van der Waals surface area contributed by atoms with Crippen molar-refractivity contribution < 1.29 is 219 Å². The van der Waals surface area contributed by atoms with E-state index in [1.807, 2.05) is 211 Å². The average molecular weight is 2310 g/mol. The molecule has 0 saturated heterocycles.